The fourth-order valence-corrected chi connectivity index (χ4v) is 5.71. The van der Waals surface area contributed by atoms with Crippen LogP contribution in [0.25, 0.3) is 0 Å². The Morgan fingerprint density at radius 1 is 0.971 bits per heavy atom. The van der Waals surface area contributed by atoms with E-state index >= 15 is 0 Å². The standard InChI is InChI=1S/C27H21NO7/c28-26(34)21-18(29)12-17-11-16-10-15-9-8-14(7-6-13-4-2-1-3-5-13)22(30)19(15)23(31)20(16)24(32)27(17,35)25(21)33/h1-5,8-9,16-17,20-21,30,35H,10-12H2,(H2,28,34)/t16-,17-,20?,21?,27-/m0/s1. The molecule has 1 amide bonds. The monoisotopic (exact) mass is 471 g/mol. The molecule has 0 spiro atoms. The van der Waals surface area contributed by atoms with Crippen molar-refractivity contribution in [3.05, 3.63) is 64.7 Å². The second-order valence-corrected chi connectivity index (χ2v) is 9.35. The number of Topliss-reactive ketones (excluding diaryl/α,β-unsaturated/α-hetero) is 4. The van der Waals surface area contributed by atoms with Crippen LogP contribution in [-0.2, 0) is 25.6 Å². The maximum atomic E-state index is 13.5. The van der Waals surface area contributed by atoms with Gasteiger partial charge in [-0.05, 0) is 42.5 Å². The van der Waals surface area contributed by atoms with E-state index < -0.39 is 58.3 Å². The summed E-state index contributed by atoms with van der Waals surface area (Å²) in [5, 5.41) is 22.1. The van der Waals surface area contributed by atoms with Gasteiger partial charge in [-0.2, -0.15) is 0 Å². The third-order valence-electron chi connectivity index (χ3n) is 7.39. The lowest BCUT2D eigenvalue weighted by molar-refractivity contribution is -0.175. The SMILES string of the molecule is NC(=O)C1C(=O)C[C@@H]2C[C@@H]3Cc4ccc(C#Cc5ccccc5)c(O)c4C(=O)C3C(=O)[C@]2(O)C1=O. The van der Waals surface area contributed by atoms with Crippen molar-refractivity contribution < 1.29 is 34.2 Å². The van der Waals surface area contributed by atoms with E-state index in [0.717, 1.165) is 0 Å². The van der Waals surface area contributed by atoms with E-state index in [0.29, 0.717) is 11.1 Å². The number of phenols is 1. The molecule has 5 rings (SSSR count). The van der Waals surface area contributed by atoms with Crippen molar-refractivity contribution in [2.45, 2.75) is 24.9 Å². The summed E-state index contributed by atoms with van der Waals surface area (Å²) < 4.78 is 0. The van der Waals surface area contributed by atoms with Crippen molar-refractivity contribution in [2.75, 3.05) is 0 Å². The van der Waals surface area contributed by atoms with Gasteiger partial charge in [0.15, 0.2) is 34.7 Å². The van der Waals surface area contributed by atoms with Gasteiger partial charge in [0.2, 0.25) is 5.91 Å². The predicted molar refractivity (Wildman–Crippen MR) is 121 cm³/mol. The highest BCUT2D eigenvalue weighted by Gasteiger charge is 2.66. The molecule has 3 aliphatic carbocycles. The average Bonchev–Trinajstić information content (AvgIpc) is 2.81. The molecular formula is C27H21NO7. The van der Waals surface area contributed by atoms with Crippen molar-refractivity contribution in [1.29, 1.82) is 0 Å². The van der Waals surface area contributed by atoms with Crippen molar-refractivity contribution in [2.24, 2.45) is 29.4 Å². The molecule has 3 aliphatic rings. The van der Waals surface area contributed by atoms with Crippen LogP contribution in [0, 0.1) is 35.5 Å². The van der Waals surface area contributed by atoms with E-state index in [2.05, 4.69) is 11.8 Å². The number of nitrogens with two attached hydrogens (primary N) is 1. The third kappa shape index (κ3) is 3.31. The summed E-state index contributed by atoms with van der Waals surface area (Å²) in [4.78, 5) is 64.0. The topological polar surface area (TPSA) is 152 Å². The molecule has 0 aromatic heterocycles. The second-order valence-electron chi connectivity index (χ2n) is 9.35. The second kappa shape index (κ2) is 8.00. The number of carbonyl (C=O) groups is 5. The summed E-state index contributed by atoms with van der Waals surface area (Å²) in [6.45, 7) is 0. The molecule has 8 heteroatoms. The summed E-state index contributed by atoms with van der Waals surface area (Å²) >= 11 is 0. The van der Waals surface area contributed by atoms with Crippen LogP contribution in [0.5, 0.6) is 5.75 Å². The molecule has 0 bridgehead atoms. The first-order chi connectivity index (χ1) is 16.6. The van der Waals surface area contributed by atoms with Crippen molar-refractivity contribution in [1.82, 2.24) is 0 Å². The summed E-state index contributed by atoms with van der Waals surface area (Å²) in [5.74, 6) is -4.51. The van der Waals surface area contributed by atoms with Crippen LogP contribution >= 0.6 is 0 Å². The van der Waals surface area contributed by atoms with Crippen LogP contribution in [0.3, 0.4) is 0 Å². The van der Waals surface area contributed by atoms with E-state index in [1.165, 1.54) is 0 Å². The molecule has 2 saturated carbocycles. The first-order valence-corrected chi connectivity index (χ1v) is 11.2. The minimum Gasteiger partial charge on any atom is -0.506 e. The summed E-state index contributed by atoms with van der Waals surface area (Å²) in [6.07, 6.45) is -0.0475. The minimum atomic E-state index is -2.65. The normalized spacial score (nSPS) is 29.4. The van der Waals surface area contributed by atoms with Crippen molar-refractivity contribution in [3.8, 4) is 17.6 Å². The van der Waals surface area contributed by atoms with Crippen molar-refractivity contribution >= 4 is 29.0 Å². The number of primary amides is 1. The van der Waals surface area contributed by atoms with Gasteiger partial charge in [0, 0.05) is 17.9 Å². The van der Waals surface area contributed by atoms with Gasteiger partial charge >= 0.3 is 0 Å². The van der Waals surface area contributed by atoms with Gasteiger partial charge in [0.1, 0.15) is 5.75 Å². The molecule has 2 unspecified atom stereocenters. The molecule has 0 aliphatic heterocycles. The Morgan fingerprint density at radius 3 is 2.37 bits per heavy atom. The van der Waals surface area contributed by atoms with Gasteiger partial charge in [-0.15, -0.1) is 0 Å². The molecule has 2 fully saturated rings. The Hall–Kier alpha value is -4.09. The zero-order valence-corrected chi connectivity index (χ0v) is 18.5. The van der Waals surface area contributed by atoms with E-state index in [9.17, 15) is 34.2 Å². The number of aliphatic hydroxyl groups is 1. The van der Waals surface area contributed by atoms with Crippen LogP contribution in [0.4, 0.5) is 0 Å². The lowest BCUT2D eigenvalue weighted by Gasteiger charge is -2.48. The zero-order chi connectivity index (χ0) is 25.1. The number of rotatable bonds is 1. The largest absolute Gasteiger partial charge is 0.506 e. The Morgan fingerprint density at radius 2 is 1.69 bits per heavy atom. The molecule has 2 aromatic carbocycles. The molecule has 4 N–H and O–H groups in total. The van der Waals surface area contributed by atoms with E-state index in [1.807, 2.05) is 18.2 Å². The number of aromatic hydroxyl groups is 1. The number of amides is 1. The lowest BCUT2D eigenvalue weighted by Crippen LogP contribution is -2.68. The maximum Gasteiger partial charge on any atom is 0.235 e. The number of carbonyl (C=O) groups excluding carboxylic acids is 5. The first kappa shape index (κ1) is 22.7. The van der Waals surface area contributed by atoms with Gasteiger partial charge < -0.3 is 15.9 Å². The van der Waals surface area contributed by atoms with E-state index in [-0.39, 0.29) is 36.1 Å². The average molecular weight is 471 g/mol. The Kier molecular flexibility index (Phi) is 5.18. The molecule has 8 nitrogen and oxygen atoms in total. The third-order valence-corrected chi connectivity index (χ3v) is 7.39. The smallest absolute Gasteiger partial charge is 0.235 e. The highest BCUT2D eigenvalue weighted by molar-refractivity contribution is 6.31. The van der Waals surface area contributed by atoms with Crippen LogP contribution < -0.4 is 5.73 Å². The van der Waals surface area contributed by atoms with Gasteiger partial charge in [-0.3, -0.25) is 24.0 Å². The van der Waals surface area contributed by atoms with Gasteiger partial charge in [0.05, 0.1) is 17.0 Å². The Balaban J connectivity index is 1.54. The highest BCUT2D eigenvalue weighted by Crippen LogP contribution is 2.50. The number of benzene rings is 2. The summed E-state index contributed by atoms with van der Waals surface area (Å²) in [6, 6.07) is 12.3. The number of fused-ring (bicyclic) bond motifs is 3. The molecule has 5 atom stereocenters. The van der Waals surface area contributed by atoms with E-state index in [1.54, 1.807) is 24.3 Å². The Bertz CT molecular complexity index is 1380. The van der Waals surface area contributed by atoms with Crippen LogP contribution in [-0.4, -0.2) is 44.9 Å². The van der Waals surface area contributed by atoms with Crippen molar-refractivity contribution in [3.63, 3.8) is 0 Å². The summed E-state index contributed by atoms with van der Waals surface area (Å²) in [7, 11) is 0. The van der Waals surface area contributed by atoms with Gasteiger partial charge in [-0.25, -0.2) is 0 Å². The number of hydrogen-bond acceptors (Lipinski definition) is 7. The fourth-order valence-electron chi connectivity index (χ4n) is 5.71. The zero-order valence-electron chi connectivity index (χ0n) is 18.5. The predicted octanol–water partition coefficient (Wildman–Crippen LogP) is 0.727. The Labute approximate surface area is 200 Å². The number of hydrogen-bond donors (Lipinski definition) is 3. The molecule has 0 heterocycles. The van der Waals surface area contributed by atoms with Crippen LogP contribution in [0.1, 0.15) is 39.9 Å². The highest BCUT2D eigenvalue weighted by atomic mass is 16.3. The van der Waals surface area contributed by atoms with Crippen LogP contribution in [0.2, 0.25) is 0 Å². The molecular weight excluding hydrogens is 450 g/mol. The van der Waals surface area contributed by atoms with Crippen LogP contribution in [0.15, 0.2) is 42.5 Å². The molecule has 176 valence electrons. The number of phenolic OH excluding ortho intramolecular Hbond substituents is 1. The molecule has 2 aromatic rings. The summed E-state index contributed by atoms with van der Waals surface area (Å²) in [5.41, 5.74) is 3.91. The minimum absolute atomic E-state index is 0.0627. The molecule has 0 saturated heterocycles. The van der Waals surface area contributed by atoms with Gasteiger partial charge in [0.25, 0.3) is 0 Å². The van der Waals surface area contributed by atoms with Gasteiger partial charge in [-0.1, -0.05) is 36.1 Å². The maximum absolute atomic E-state index is 13.5. The lowest BCUT2D eigenvalue weighted by atomic mass is 9.54. The molecule has 0 radical (unpaired) electrons. The number of ketones is 4. The quantitative estimate of drug-likeness (QED) is 0.409. The van der Waals surface area contributed by atoms with E-state index in [4.69, 9.17) is 5.73 Å². The molecule has 35 heavy (non-hydrogen) atoms. The first-order valence-electron chi connectivity index (χ1n) is 11.2. The fraction of sp³-hybridized carbons (Fsp3) is 0.296.